The van der Waals surface area contributed by atoms with Gasteiger partial charge in [-0.3, -0.25) is 9.69 Å². The van der Waals surface area contributed by atoms with E-state index in [-0.39, 0.29) is 11.9 Å². The minimum atomic E-state index is 0.0258. The molecule has 0 aliphatic rings. The van der Waals surface area contributed by atoms with E-state index in [1.54, 1.807) is 7.05 Å². The molecule has 0 bridgehead atoms. The maximum absolute atomic E-state index is 11.6. The number of benzene rings is 1. The molecule has 1 rings (SSSR count). The molecule has 1 amide bonds. The zero-order valence-corrected chi connectivity index (χ0v) is 11.2. The summed E-state index contributed by atoms with van der Waals surface area (Å²) in [6.45, 7) is 3.88. The summed E-state index contributed by atoms with van der Waals surface area (Å²) < 4.78 is 0. The number of hydrogen-bond donors (Lipinski definition) is 2. The molecule has 0 radical (unpaired) electrons. The summed E-state index contributed by atoms with van der Waals surface area (Å²) in [4.78, 5) is 13.7. The lowest BCUT2D eigenvalue weighted by Gasteiger charge is -2.30. The average Bonchev–Trinajstić information content (AvgIpc) is 2.41. The first-order valence-electron chi connectivity index (χ1n) is 6.42. The van der Waals surface area contributed by atoms with E-state index in [0.717, 1.165) is 18.5 Å². The summed E-state index contributed by atoms with van der Waals surface area (Å²) >= 11 is 0. The lowest BCUT2D eigenvalue weighted by molar-refractivity contribution is -0.122. The first-order valence-corrected chi connectivity index (χ1v) is 6.42. The third kappa shape index (κ3) is 4.13. The zero-order valence-electron chi connectivity index (χ0n) is 11.2. The fourth-order valence-electron chi connectivity index (χ4n) is 2.07. The van der Waals surface area contributed by atoms with E-state index in [1.165, 1.54) is 0 Å². The van der Waals surface area contributed by atoms with Crippen LogP contribution in [0.4, 0.5) is 0 Å². The van der Waals surface area contributed by atoms with Crippen LogP contribution in [0.3, 0.4) is 0 Å². The van der Waals surface area contributed by atoms with E-state index in [9.17, 15) is 4.79 Å². The van der Waals surface area contributed by atoms with Gasteiger partial charge in [-0.2, -0.15) is 0 Å². The summed E-state index contributed by atoms with van der Waals surface area (Å²) in [6.07, 6.45) is 1.00. The van der Waals surface area contributed by atoms with Crippen LogP contribution in [0.2, 0.25) is 0 Å². The molecule has 3 N–H and O–H groups in total. The van der Waals surface area contributed by atoms with Gasteiger partial charge in [0.2, 0.25) is 5.91 Å². The molecule has 1 aromatic carbocycles. The zero-order chi connectivity index (χ0) is 13.4. The lowest BCUT2D eigenvalue weighted by atomic mass is 10.1. The van der Waals surface area contributed by atoms with Crippen LogP contribution >= 0.6 is 0 Å². The van der Waals surface area contributed by atoms with Gasteiger partial charge in [0.05, 0.1) is 6.54 Å². The van der Waals surface area contributed by atoms with Crippen molar-refractivity contribution < 1.29 is 4.79 Å². The van der Waals surface area contributed by atoms with Crippen molar-refractivity contribution in [2.75, 3.05) is 26.7 Å². The number of nitrogens with zero attached hydrogens (tertiary/aromatic N) is 1. The van der Waals surface area contributed by atoms with Crippen molar-refractivity contribution in [2.24, 2.45) is 5.73 Å². The third-order valence-electron chi connectivity index (χ3n) is 2.98. The van der Waals surface area contributed by atoms with Gasteiger partial charge in [-0.15, -0.1) is 0 Å². The Labute approximate surface area is 109 Å². The van der Waals surface area contributed by atoms with Crippen molar-refractivity contribution in [3.8, 4) is 0 Å². The van der Waals surface area contributed by atoms with E-state index in [2.05, 4.69) is 29.3 Å². The summed E-state index contributed by atoms with van der Waals surface area (Å²) in [7, 11) is 1.66. The number of nitrogens with one attached hydrogen (secondary N) is 1. The Morgan fingerprint density at radius 1 is 1.39 bits per heavy atom. The summed E-state index contributed by atoms with van der Waals surface area (Å²) in [5.74, 6) is 0.0258. The number of amides is 1. The van der Waals surface area contributed by atoms with Gasteiger partial charge < -0.3 is 11.1 Å². The lowest BCUT2D eigenvalue weighted by Crippen LogP contribution is -2.41. The number of rotatable bonds is 7. The molecule has 4 heteroatoms. The standard InChI is InChI=1S/C14H23N3O/c1-3-9-17(11-14(18)16-2)13(10-15)12-7-5-4-6-8-12/h4-8,13H,3,9-11,15H2,1-2H3,(H,16,18). The highest BCUT2D eigenvalue weighted by Crippen LogP contribution is 2.19. The van der Waals surface area contributed by atoms with Gasteiger partial charge in [-0.05, 0) is 18.5 Å². The predicted molar refractivity (Wildman–Crippen MR) is 74.2 cm³/mol. The third-order valence-corrected chi connectivity index (χ3v) is 2.98. The fourth-order valence-corrected chi connectivity index (χ4v) is 2.07. The number of carbonyl (C=O) groups is 1. The molecule has 1 aromatic rings. The average molecular weight is 249 g/mol. The Morgan fingerprint density at radius 2 is 2.06 bits per heavy atom. The molecular formula is C14H23N3O. The maximum atomic E-state index is 11.6. The van der Waals surface area contributed by atoms with Crippen LogP contribution in [0, 0.1) is 0 Å². The normalized spacial score (nSPS) is 12.4. The monoisotopic (exact) mass is 249 g/mol. The highest BCUT2D eigenvalue weighted by atomic mass is 16.1. The van der Waals surface area contributed by atoms with Crippen molar-refractivity contribution in [3.05, 3.63) is 35.9 Å². The number of hydrogen-bond acceptors (Lipinski definition) is 3. The van der Waals surface area contributed by atoms with Gasteiger partial charge in [0.15, 0.2) is 0 Å². The summed E-state index contributed by atoms with van der Waals surface area (Å²) in [6, 6.07) is 10.2. The smallest absolute Gasteiger partial charge is 0.233 e. The molecule has 4 nitrogen and oxygen atoms in total. The van der Waals surface area contributed by atoms with Gasteiger partial charge in [0, 0.05) is 19.6 Å². The van der Waals surface area contributed by atoms with Crippen LogP contribution in [-0.2, 0) is 4.79 Å². The summed E-state index contributed by atoms with van der Waals surface area (Å²) in [5, 5.41) is 2.66. The molecule has 0 saturated carbocycles. The Morgan fingerprint density at radius 3 is 2.56 bits per heavy atom. The number of carbonyl (C=O) groups excluding carboxylic acids is 1. The minimum Gasteiger partial charge on any atom is -0.358 e. The maximum Gasteiger partial charge on any atom is 0.233 e. The highest BCUT2D eigenvalue weighted by molar-refractivity contribution is 5.77. The van der Waals surface area contributed by atoms with Crippen LogP contribution in [0.25, 0.3) is 0 Å². The van der Waals surface area contributed by atoms with Gasteiger partial charge >= 0.3 is 0 Å². The Balaban J connectivity index is 2.83. The van der Waals surface area contributed by atoms with Crippen LogP contribution in [0.5, 0.6) is 0 Å². The van der Waals surface area contributed by atoms with Crippen LogP contribution < -0.4 is 11.1 Å². The molecule has 0 aliphatic carbocycles. The number of nitrogens with two attached hydrogens (primary N) is 1. The Kier molecular flexibility index (Phi) is 6.39. The molecule has 0 spiro atoms. The van der Waals surface area contributed by atoms with Crippen LogP contribution in [0.15, 0.2) is 30.3 Å². The van der Waals surface area contributed by atoms with E-state index in [4.69, 9.17) is 5.73 Å². The molecular weight excluding hydrogens is 226 g/mol. The molecule has 1 atom stereocenters. The largest absolute Gasteiger partial charge is 0.358 e. The first kappa shape index (κ1) is 14.7. The molecule has 1 unspecified atom stereocenters. The molecule has 0 saturated heterocycles. The molecule has 0 aromatic heterocycles. The minimum absolute atomic E-state index is 0.0258. The van der Waals surface area contributed by atoms with Crippen LogP contribution in [0.1, 0.15) is 24.9 Å². The SMILES string of the molecule is CCCN(CC(=O)NC)C(CN)c1ccccc1. The van der Waals surface area contributed by atoms with Gasteiger partial charge in [-0.25, -0.2) is 0 Å². The van der Waals surface area contributed by atoms with Gasteiger partial charge in [0.1, 0.15) is 0 Å². The van der Waals surface area contributed by atoms with Gasteiger partial charge in [-0.1, -0.05) is 37.3 Å². The van der Waals surface area contributed by atoms with Crippen molar-refractivity contribution in [1.82, 2.24) is 10.2 Å². The molecule has 0 heterocycles. The van der Waals surface area contributed by atoms with Crippen molar-refractivity contribution in [2.45, 2.75) is 19.4 Å². The second-order valence-corrected chi connectivity index (χ2v) is 4.31. The predicted octanol–water partition coefficient (Wildman–Crippen LogP) is 1.14. The van der Waals surface area contributed by atoms with E-state index < -0.39 is 0 Å². The number of likely N-dealkylation sites (N-methyl/N-ethyl adjacent to an activating group) is 1. The molecule has 100 valence electrons. The van der Waals surface area contributed by atoms with E-state index in [1.807, 2.05) is 18.2 Å². The van der Waals surface area contributed by atoms with Crippen LogP contribution in [-0.4, -0.2) is 37.5 Å². The van der Waals surface area contributed by atoms with Crippen molar-refractivity contribution in [1.29, 1.82) is 0 Å². The molecule has 18 heavy (non-hydrogen) atoms. The van der Waals surface area contributed by atoms with Crippen molar-refractivity contribution >= 4 is 5.91 Å². The van der Waals surface area contributed by atoms with Crippen molar-refractivity contribution in [3.63, 3.8) is 0 Å². The van der Waals surface area contributed by atoms with E-state index in [0.29, 0.717) is 13.1 Å². The quantitative estimate of drug-likeness (QED) is 0.762. The second kappa shape index (κ2) is 7.84. The Hall–Kier alpha value is -1.39. The highest BCUT2D eigenvalue weighted by Gasteiger charge is 2.20. The fraction of sp³-hybridized carbons (Fsp3) is 0.500. The van der Waals surface area contributed by atoms with E-state index >= 15 is 0 Å². The Bertz CT molecular complexity index is 353. The first-order chi connectivity index (χ1) is 8.72. The summed E-state index contributed by atoms with van der Waals surface area (Å²) in [5.41, 5.74) is 7.04. The second-order valence-electron chi connectivity index (χ2n) is 4.31. The molecule has 0 fully saturated rings. The van der Waals surface area contributed by atoms with Gasteiger partial charge in [0.25, 0.3) is 0 Å². The molecule has 0 aliphatic heterocycles. The topological polar surface area (TPSA) is 58.4 Å².